The number of nitrogens with zero attached hydrogens (tertiary/aromatic N) is 1. The summed E-state index contributed by atoms with van der Waals surface area (Å²) < 4.78 is 0. The van der Waals surface area contributed by atoms with Gasteiger partial charge in [-0.3, -0.25) is 0 Å². The van der Waals surface area contributed by atoms with Crippen molar-refractivity contribution in [3.8, 4) is 0 Å². The molecule has 2 heteroatoms. The summed E-state index contributed by atoms with van der Waals surface area (Å²) in [6.07, 6.45) is 5.73. The standard InChI is InChI=1S/C10H18N.Lr/c1-9-3-7-11(2)8-6-10(9)4-5-10;/h3-8H2,1-2H3;/q-1;. The summed E-state index contributed by atoms with van der Waals surface area (Å²) in [6.45, 7) is 4.97. The molecule has 79 valence electrons. The summed E-state index contributed by atoms with van der Waals surface area (Å²) in [5, 5.41) is 0. The van der Waals surface area contributed by atoms with Crippen LogP contribution in [0.2, 0.25) is 0 Å². The van der Waals surface area contributed by atoms with Crippen LogP contribution in [0.25, 0.3) is 0 Å². The van der Waals surface area contributed by atoms with Crippen molar-refractivity contribution in [2.24, 2.45) is 5.41 Å². The second kappa shape index (κ2) is 2.78. The first-order valence-electron chi connectivity index (χ1n) is 4.74. The molecule has 0 N–H and O–H groups in total. The van der Waals surface area contributed by atoms with Gasteiger partial charge in [0.05, 0.1) is 0 Å². The molecule has 1 aliphatic heterocycles. The van der Waals surface area contributed by atoms with E-state index in [9.17, 15) is 0 Å². The molecule has 0 unspecified atom stereocenters. The van der Waals surface area contributed by atoms with E-state index in [1.165, 1.54) is 38.8 Å². The SMILES string of the molecule is C[C-]1CCN(C)CCC12CC2.[Lr]. The molecule has 2 aliphatic rings. The van der Waals surface area contributed by atoms with Gasteiger partial charge in [0.2, 0.25) is 0 Å². The number of likely N-dealkylation sites (tertiary alicyclic amines) is 1. The maximum Gasteiger partial charge on any atom is 0 e. The normalized spacial score (nSPS) is 29.5. The van der Waals surface area contributed by atoms with Crippen LogP contribution in [0.15, 0.2) is 0 Å². The van der Waals surface area contributed by atoms with Crippen LogP contribution in [0.4, 0.5) is 0 Å². The summed E-state index contributed by atoms with van der Waals surface area (Å²) >= 11 is 0. The van der Waals surface area contributed by atoms with Gasteiger partial charge in [0.15, 0.2) is 0 Å². The molecular weight excluding hydrogens is 396 g/mol. The molecule has 0 aromatic carbocycles. The molecular formula is C10H18LrN-. The molecule has 1 radical (unpaired) electrons. The van der Waals surface area contributed by atoms with E-state index in [-0.39, 0.29) is 0 Å². The van der Waals surface area contributed by atoms with Crippen LogP contribution in [0.5, 0.6) is 0 Å². The van der Waals surface area contributed by atoms with Gasteiger partial charge < -0.3 is 10.8 Å². The Morgan fingerprint density at radius 2 is 1.83 bits per heavy atom. The summed E-state index contributed by atoms with van der Waals surface area (Å²) in [7, 11) is 2.24. The summed E-state index contributed by atoms with van der Waals surface area (Å²) in [5.41, 5.74) is 0.727. The zero-order valence-corrected chi connectivity index (χ0v) is 10.1. The summed E-state index contributed by atoms with van der Waals surface area (Å²) in [5.74, 6) is 1.78. The molecule has 1 nitrogen and oxygen atoms in total. The molecule has 1 spiro atoms. The fourth-order valence-corrected chi connectivity index (χ4v) is 2.18. The van der Waals surface area contributed by atoms with Crippen LogP contribution < -0.4 is 0 Å². The van der Waals surface area contributed by atoms with Crippen LogP contribution in [0, 0.1) is 11.3 Å². The van der Waals surface area contributed by atoms with E-state index in [1.54, 1.807) is 5.92 Å². The van der Waals surface area contributed by atoms with Gasteiger partial charge in [-0.15, -0.1) is 0 Å². The first-order chi connectivity index (χ1) is 5.23. The minimum Gasteiger partial charge on any atom is -0.309 e. The number of hydrogen-bond donors (Lipinski definition) is 0. The third-order valence-electron chi connectivity index (χ3n) is 3.60. The maximum absolute atomic E-state index is 2.47. The molecule has 0 aromatic rings. The number of rotatable bonds is 0. The van der Waals surface area contributed by atoms with Crippen molar-refractivity contribution in [1.82, 2.24) is 4.90 Å². The fourth-order valence-electron chi connectivity index (χ4n) is 2.18. The first-order valence-corrected chi connectivity index (χ1v) is 4.74. The van der Waals surface area contributed by atoms with Gasteiger partial charge in [0.25, 0.3) is 0 Å². The van der Waals surface area contributed by atoms with Crippen LogP contribution in [-0.4, -0.2) is 25.0 Å². The Morgan fingerprint density at radius 3 is 2.42 bits per heavy atom. The molecule has 12 heavy (non-hydrogen) atoms. The smallest absolute Gasteiger partial charge is 0 e. The van der Waals surface area contributed by atoms with E-state index in [2.05, 4.69) is 18.9 Å². The third kappa shape index (κ3) is 1.29. The maximum atomic E-state index is 2.47. The van der Waals surface area contributed by atoms with Crippen molar-refractivity contribution < 1.29 is 0 Å². The summed E-state index contributed by atoms with van der Waals surface area (Å²) in [4.78, 5) is 2.47. The predicted molar refractivity (Wildman–Crippen MR) is 47.3 cm³/mol. The van der Waals surface area contributed by atoms with E-state index < -0.39 is 0 Å². The quantitative estimate of drug-likeness (QED) is 0.549. The minimum atomic E-state index is 0. The zero-order valence-electron chi connectivity index (χ0n) is 7.95. The predicted octanol–water partition coefficient (Wildman–Crippen LogP) is 2.09. The van der Waals surface area contributed by atoms with Crippen LogP contribution >= 0.6 is 0 Å². The Bertz CT molecular complexity index is 154. The van der Waals surface area contributed by atoms with Crippen LogP contribution in [0.3, 0.4) is 0 Å². The van der Waals surface area contributed by atoms with Gasteiger partial charge in [0, 0.05) is 0 Å². The molecule has 2 rings (SSSR count). The van der Waals surface area contributed by atoms with E-state index >= 15 is 0 Å². The average molecular weight is 414 g/mol. The van der Waals surface area contributed by atoms with Crippen molar-refractivity contribution >= 4 is 0 Å². The Hall–Kier alpha value is -1.04. The Morgan fingerprint density at radius 1 is 1.17 bits per heavy atom. The molecule has 0 aromatic heterocycles. The monoisotopic (exact) mass is 414 g/mol. The molecule has 1 saturated carbocycles. The fraction of sp³-hybridized carbons (Fsp3) is 0.900. The van der Waals surface area contributed by atoms with Gasteiger partial charge in [-0.1, -0.05) is 19.3 Å². The van der Waals surface area contributed by atoms with Gasteiger partial charge in [-0.05, 0) is 20.1 Å². The first kappa shape index (κ1) is 9.05. The Kier molecular flexibility index (Phi) is 2.10. The molecule has 2 fully saturated rings. The Labute approximate surface area is 69.8 Å². The summed E-state index contributed by atoms with van der Waals surface area (Å²) in [6, 6.07) is 0. The third-order valence-corrected chi connectivity index (χ3v) is 3.60. The molecule has 0 amide bonds. The second-order valence-electron chi connectivity index (χ2n) is 4.36. The number of hydrogen-bond acceptors (Lipinski definition) is 1. The minimum absolute atomic E-state index is 0. The Balaban J connectivity index is 0.000000720. The van der Waals surface area contributed by atoms with E-state index in [0.717, 1.165) is 5.41 Å². The van der Waals surface area contributed by atoms with Crippen molar-refractivity contribution in [3.05, 3.63) is 5.92 Å². The second-order valence-corrected chi connectivity index (χ2v) is 4.36. The molecule has 0 bridgehead atoms. The van der Waals surface area contributed by atoms with E-state index in [0.29, 0.717) is 0 Å². The van der Waals surface area contributed by atoms with E-state index in [4.69, 9.17) is 0 Å². The molecule has 1 aliphatic carbocycles. The molecule has 1 saturated heterocycles. The van der Waals surface area contributed by atoms with E-state index in [1.807, 2.05) is 0 Å². The topological polar surface area (TPSA) is 3.24 Å². The van der Waals surface area contributed by atoms with Crippen molar-refractivity contribution in [2.45, 2.75) is 32.6 Å². The zero-order chi connectivity index (χ0) is 7.90. The molecule has 0 atom stereocenters. The van der Waals surface area contributed by atoms with Crippen molar-refractivity contribution in [2.75, 3.05) is 20.1 Å². The van der Waals surface area contributed by atoms with Gasteiger partial charge in [0.1, 0.15) is 0 Å². The van der Waals surface area contributed by atoms with Crippen LogP contribution in [-0.2, 0) is 0 Å². The molecule has 1 heterocycles. The van der Waals surface area contributed by atoms with Crippen molar-refractivity contribution in [3.63, 3.8) is 0 Å². The van der Waals surface area contributed by atoms with Crippen molar-refractivity contribution in [1.29, 1.82) is 0 Å². The van der Waals surface area contributed by atoms with Gasteiger partial charge in [-0.2, -0.15) is 18.8 Å². The van der Waals surface area contributed by atoms with Gasteiger partial charge in [-0.25, -0.2) is 0 Å². The van der Waals surface area contributed by atoms with Crippen LogP contribution in [0.1, 0.15) is 32.6 Å². The van der Waals surface area contributed by atoms with Gasteiger partial charge >= 0.3 is 0 Å². The average Bonchev–Trinajstić information content (AvgIpc) is 2.77. The largest absolute Gasteiger partial charge is 0.309 e.